The van der Waals surface area contributed by atoms with Crippen molar-refractivity contribution in [1.29, 1.82) is 0 Å². The molecule has 2 nitrogen and oxygen atoms in total. The van der Waals surface area contributed by atoms with Crippen molar-refractivity contribution in [3.63, 3.8) is 0 Å². The van der Waals surface area contributed by atoms with Gasteiger partial charge in [0.05, 0.1) is 5.69 Å². The molecule has 0 unspecified atom stereocenters. The van der Waals surface area contributed by atoms with E-state index in [9.17, 15) is 4.79 Å². The highest BCUT2D eigenvalue weighted by molar-refractivity contribution is 5.86. The van der Waals surface area contributed by atoms with Crippen molar-refractivity contribution in [3.8, 4) is 11.3 Å². The average Bonchev–Trinajstić information content (AvgIpc) is 2.31. The summed E-state index contributed by atoms with van der Waals surface area (Å²) < 4.78 is 2.06. The molecule has 16 heavy (non-hydrogen) atoms. The van der Waals surface area contributed by atoms with Gasteiger partial charge in [-0.2, -0.15) is 0 Å². The van der Waals surface area contributed by atoms with E-state index in [-0.39, 0.29) is 5.43 Å². The minimum Gasteiger partial charge on any atom is -0.344 e. The lowest BCUT2D eigenvalue weighted by atomic mass is 10.1. The van der Waals surface area contributed by atoms with E-state index in [1.807, 2.05) is 37.4 Å². The minimum absolute atomic E-state index is 0.0823. The zero-order chi connectivity index (χ0) is 11.1. The topological polar surface area (TPSA) is 22.0 Å². The fraction of sp³-hybridized carbons (Fsp3) is 0.0714. The molecule has 0 atom stereocenters. The SMILES string of the molecule is Cn1c2cccc(=O)c-2cc2ccccc21. The minimum atomic E-state index is 0.0823. The molecule has 78 valence electrons. The van der Waals surface area contributed by atoms with Crippen LogP contribution in [-0.2, 0) is 7.05 Å². The summed E-state index contributed by atoms with van der Waals surface area (Å²) in [6.07, 6.45) is 0. The summed E-state index contributed by atoms with van der Waals surface area (Å²) in [4.78, 5) is 11.8. The van der Waals surface area contributed by atoms with Crippen LogP contribution < -0.4 is 5.43 Å². The van der Waals surface area contributed by atoms with Crippen molar-refractivity contribution in [2.45, 2.75) is 0 Å². The summed E-state index contributed by atoms with van der Waals surface area (Å²) in [5.74, 6) is 0. The molecule has 0 saturated heterocycles. The molecule has 1 aromatic rings. The monoisotopic (exact) mass is 209 g/mol. The molecule has 2 aliphatic rings. The number of fused-ring (bicyclic) bond motifs is 2. The van der Waals surface area contributed by atoms with Crippen molar-refractivity contribution >= 4 is 10.9 Å². The van der Waals surface area contributed by atoms with Crippen LogP contribution in [0.4, 0.5) is 0 Å². The van der Waals surface area contributed by atoms with Crippen LogP contribution in [0.15, 0.2) is 53.3 Å². The van der Waals surface area contributed by atoms with Gasteiger partial charge in [0.2, 0.25) is 0 Å². The van der Waals surface area contributed by atoms with Gasteiger partial charge in [-0.3, -0.25) is 4.79 Å². The third-order valence-corrected chi connectivity index (χ3v) is 3.00. The van der Waals surface area contributed by atoms with Crippen LogP contribution in [-0.4, -0.2) is 4.57 Å². The van der Waals surface area contributed by atoms with Crippen molar-refractivity contribution in [2.24, 2.45) is 7.05 Å². The van der Waals surface area contributed by atoms with E-state index in [4.69, 9.17) is 0 Å². The van der Waals surface area contributed by atoms with E-state index >= 15 is 0 Å². The third-order valence-electron chi connectivity index (χ3n) is 3.00. The number of aryl methyl sites for hydroxylation is 1. The van der Waals surface area contributed by atoms with Crippen LogP contribution in [0.1, 0.15) is 0 Å². The van der Waals surface area contributed by atoms with Gasteiger partial charge in [-0.25, -0.2) is 0 Å². The Hall–Kier alpha value is -2.09. The first-order valence-electron chi connectivity index (χ1n) is 5.25. The van der Waals surface area contributed by atoms with E-state index < -0.39 is 0 Å². The van der Waals surface area contributed by atoms with E-state index in [0.717, 1.165) is 22.2 Å². The molecular formula is C14H11NO. The highest BCUT2D eigenvalue weighted by Gasteiger charge is 2.09. The van der Waals surface area contributed by atoms with E-state index in [1.165, 1.54) is 0 Å². The molecule has 0 N–H and O–H groups in total. The summed E-state index contributed by atoms with van der Waals surface area (Å²) >= 11 is 0. The zero-order valence-corrected chi connectivity index (χ0v) is 8.97. The molecule has 0 saturated carbocycles. The molecule has 3 rings (SSSR count). The molecule has 0 aromatic heterocycles. The van der Waals surface area contributed by atoms with Crippen molar-refractivity contribution in [2.75, 3.05) is 0 Å². The lowest BCUT2D eigenvalue weighted by molar-refractivity contribution is 0.960. The van der Waals surface area contributed by atoms with Crippen molar-refractivity contribution in [1.82, 2.24) is 4.57 Å². The Morgan fingerprint density at radius 1 is 1.00 bits per heavy atom. The second kappa shape index (κ2) is 3.20. The first-order chi connectivity index (χ1) is 7.77. The van der Waals surface area contributed by atoms with Crippen molar-refractivity contribution in [3.05, 3.63) is 58.8 Å². The Morgan fingerprint density at radius 2 is 1.81 bits per heavy atom. The summed E-state index contributed by atoms with van der Waals surface area (Å²) in [6, 6.07) is 15.4. The van der Waals surface area contributed by atoms with Gasteiger partial charge in [0.25, 0.3) is 0 Å². The Balaban J connectivity index is 2.61. The Labute approximate surface area is 93.1 Å². The van der Waals surface area contributed by atoms with Gasteiger partial charge in [0.15, 0.2) is 5.43 Å². The second-order valence-electron chi connectivity index (χ2n) is 3.95. The number of aromatic nitrogens is 1. The zero-order valence-electron chi connectivity index (χ0n) is 8.97. The van der Waals surface area contributed by atoms with Gasteiger partial charge < -0.3 is 4.57 Å². The number of pyridine rings is 1. The van der Waals surface area contributed by atoms with Crippen LogP contribution in [0.3, 0.4) is 0 Å². The maximum atomic E-state index is 11.8. The molecule has 0 spiro atoms. The number of benzene rings is 2. The quantitative estimate of drug-likeness (QED) is 0.522. The largest absolute Gasteiger partial charge is 0.344 e. The maximum Gasteiger partial charge on any atom is 0.187 e. The molecule has 1 aliphatic carbocycles. The number of rotatable bonds is 0. The van der Waals surface area contributed by atoms with Crippen LogP contribution in [0.25, 0.3) is 22.2 Å². The third kappa shape index (κ3) is 1.16. The van der Waals surface area contributed by atoms with Gasteiger partial charge in [0, 0.05) is 18.1 Å². The average molecular weight is 209 g/mol. The van der Waals surface area contributed by atoms with E-state index in [1.54, 1.807) is 12.1 Å². The first kappa shape index (κ1) is 9.16. The predicted octanol–water partition coefficient (Wildman–Crippen LogP) is 2.64. The number of nitrogens with zero attached hydrogens (tertiary/aromatic N) is 1. The lowest BCUT2D eigenvalue weighted by Gasteiger charge is -2.14. The van der Waals surface area contributed by atoms with E-state index in [0.29, 0.717) is 0 Å². The standard InChI is InChI=1S/C14H11NO/c1-15-12-6-3-2-5-10(12)9-11-13(15)7-4-8-14(11)16/h2-9H,1H3. The Morgan fingerprint density at radius 3 is 2.69 bits per heavy atom. The van der Waals surface area contributed by atoms with Gasteiger partial charge in [-0.15, -0.1) is 0 Å². The smallest absolute Gasteiger partial charge is 0.187 e. The fourth-order valence-electron chi connectivity index (χ4n) is 2.17. The fourth-order valence-corrected chi connectivity index (χ4v) is 2.17. The number of hydrogen-bond donors (Lipinski definition) is 0. The molecule has 2 heteroatoms. The van der Waals surface area contributed by atoms with Crippen molar-refractivity contribution < 1.29 is 0 Å². The van der Waals surface area contributed by atoms with Crippen LogP contribution in [0.5, 0.6) is 0 Å². The molecule has 1 aromatic carbocycles. The second-order valence-corrected chi connectivity index (χ2v) is 3.95. The molecule has 0 fully saturated rings. The number of hydrogen-bond acceptors (Lipinski definition) is 1. The number of para-hydroxylation sites is 1. The highest BCUT2D eigenvalue weighted by Crippen LogP contribution is 2.24. The van der Waals surface area contributed by atoms with Gasteiger partial charge in [-0.1, -0.05) is 24.3 Å². The van der Waals surface area contributed by atoms with E-state index in [2.05, 4.69) is 10.6 Å². The predicted molar refractivity (Wildman–Crippen MR) is 65.8 cm³/mol. The maximum absolute atomic E-state index is 11.8. The van der Waals surface area contributed by atoms with Gasteiger partial charge >= 0.3 is 0 Å². The normalized spacial score (nSPS) is 11.1. The van der Waals surface area contributed by atoms with Crippen LogP contribution in [0, 0.1) is 0 Å². The summed E-state index contributed by atoms with van der Waals surface area (Å²) in [6.45, 7) is 0. The highest BCUT2D eigenvalue weighted by atomic mass is 16.1. The van der Waals surface area contributed by atoms with Crippen LogP contribution in [0.2, 0.25) is 0 Å². The van der Waals surface area contributed by atoms with Crippen LogP contribution >= 0.6 is 0 Å². The summed E-state index contributed by atoms with van der Waals surface area (Å²) in [7, 11) is 1.99. The summed E-state index contributed by atoms with van der Waals surface area (Å²) in [5, 5.41) is 1.10. The Kier molecular flexibility index (Phi) is 1.83. The first-order valence-corrected chi connectivity index (χ1v) is 5.25. The lowest BCUT2D eigenvalue weighted by Crippen LogP contribution is -2.09. The Bertz CT molecular complexity index is 697. The molecule has 0 amide bonds. The molecule has 1 heterocycles. The molecule has 0 bridgehead atoms. The molecule has 1 aliphatic heterocycles. The molecular weight excluding hydrogens is 198 g/mol. The molecule has 0 radical (unpaired) electrons. The summed E-state index contributed by atoms with van der Waals surface area (Å²) in [5.41, 5.74) is 2.98. The van der Waals surface area contributed by atoms with Gasteiger partial charge in [-0.05, 0) is 29.7 Å². The van der Waals surface area contributed by atoms with Gasteiger partial charge in [0.1, 0.15) is 0 Å².